The number of para-hydroxylation sites is 2. The van der Waals surface area contributed by atoms with Gasteiger partial charge in [0.25, 0.3) is 5.91 Å². The number of rotatable bonds is 8. The zero-order valence-electron chi connectivity index (χ0n) is 13.3. The van der Waals surface area contributed by atoms with Gasteiger partial charge in [-0.15, -0.1) is 0 Å². The van der Waals surface area contributed by atoms with E-state index < -0.39 is 28.3 Å². The minimum atomic E-state index is -0.794. The molecule has 2 aromatic rings. The van der Waals surface area contributed by atoms with Crippen LogP contribution in [0.25, 0.3) is 0 Å². The van der Waals surface area contributed by atoms with Crippen LogP contribution in [0, 0.1) is 20.2 Å². The molecule has 0 radical (unpaired) electrons. The van der Waals surface area contributed by atoms with E-state index in [2.05, 4.69) is 25.9 Å². The Balaban J connectivity index is 1.86. The Bertz CT molecular complexity index is 863. The molecule has 0 saturated heterocycles. The molecule has 136 valence electrons. The van der Waals surface area contributed by atoms with Crippen molar-refractivity contribution in [2.45, 2.75) is 13.5 Å². The van der Waals surface area contributed by atoms with Gasteiger partial charge in [0.15, 0.2) is 12.4 Å². The van der Waals surface area contributed by atoms with Gasteiger partial charge in [-0.3, -0.25) is 14.9 Å². The van der Waals surface area contributed by atoms with Crippen LogP contribution in [0.3, 0.4) is 0 Å². The van der Waals surface area contributed by atoms with Gasteiger partial charge >= 0.3 is 11.6 Å². The van der Waals surface area contributed by atoms with Gasteiger partial charge in [0.05, 0.1) is 20.8 Å². The molecule has 0 bridgehead atoms. The molecule has 26 heavy (non-hydrogen) atoms. The Morgan fingerprint density at radius 2 is 2.04 bits per heavy atom. The summed E-state index contributed by atoms with van der Waals surface area (Å²) in [5.74, 6) is -1.35. The Kier molecular flexibility index (Phi) is 5.81. The normalized spacial score (nSPS) is 11.0. The highest BCUT2D eigenvalue weighted by Crippen LogP contribution is 2.25. The molecule has 1 aromatic heterocycles. The van der Waals surface area contributed by atoms with E-state index in [1.54, 1.807) is 0 Å². The second kappa shape index (κ2) is 8.22. The molecule has 0 spiro atoms. The third-order valence-corrected chi connectivity index (χ3v) is 2.77. The zero-order chi connectivity index (χ0) is 19.1. The van der Waals surface area contributed by atoms with Crippen LogP contribution in [0.15, 0.2) is 29.4 Å². The molecule has 0 unspecified atom stereocenters. The van der Waals surface area contributed by atoms with Crippen molar-refractivity contribution in [3.63, 3.8) is 0 Å². The van der Waals surface area contributed by atoms with Crippen molar-refractivity contribution in [2.75, 3.05) is 6.61 Å². The fourth-order valence-electron chi connectivity index (χ4n) is 1.68. The van der Waals surface area contributed by atoms with Crippen LogP contribution in [0.1, 0.15) is 6.92 Å². The predicted molar refractivity (Wildman–Crippen MR) is 84.3 cm³/mol. The number of ether oxygens (including phenoxy) is 1. The number of tetrazole rings is 1. The molecule has 0 aliphatic heterocycles. The van der Waals surface area contributed by atoms with Gasteiger partial charge in [0.1, 0.15) is 6.54 Å². The monoisotopic (exact) mass is 364 g/mol. The number of nitrogens with zero attached hydrogens (tertiary/aromatic N) is 7. The van der Waals surface area contributed by atoms with Crippen molar-refractivity contribution in [1.29, 1.82) is 0 Å². The number of hydrazone groups is 1. The maximum atomic E-state index is 11.7. The van der Waals surface area contributed by atoms with Crippen molar-refractivity contribution in [1.82, 2.24) is 25.6 Å². The Morgan fingerprint density at radius 1 is 1.31 bits per heavy atom. The van der Waals surface area contributed by atoms with Crippen molar-refractivity contribution in [2.24, 2.45) is 5.10 Å². The van der Waals surface area contributed by atoms with Gasteiger partial charge in [-0.25, -0.2) is 5.43 Å². The molecule has 1 N–H and O–H groups in total. The fourth-order valence-corrected chi connectivity index (χ4v) is 1.68. The quantitative estimate of drug-likeness (QED) is 0.384. The predicted octanol–water partition coefficient (Wildman–Crippen LogP) is 0.0606. The van der Waals surface area contributed by atoms with Crippen LogP contribution in [-0.4, -0.2) is 48.3 Å². The summed E-state index contributed by atoms with van der Waals surface area (Å²) in [5, 5.41) is 35.2. The van der Waals surface area contributed by atoms with Gasteiger partial charge in [-0.2, -0.15) is 5.10 Å². The minimum Gasteiger partial charge on any atom is -0.477 e. The second-order valence-electron chi connectivity index (χ2n) is 4.77. The summed E-state index contributed by atoms with van der Waals surface area (Å²) in [6, 6.07) is 5.62. The van der Waals surface area contributed by atoms with Gasteiger partial charge in [-0.1, -0.05) is 16.9 Å². The van der Waals surface area contributed by atoms with Crippen LogP contribution in [0.5, 0.6) is 5.75 Å². The maximum absolute atomic E-state index is 11.7. The number of carbonyl (C=O) groups is 1. The molecule has 14 heteroatoms. The average molecular weight is 364 g/mol. The van der Waals surface area contributed by atoms with E-state index in [-0.39, 0.29) is 18.0 Å². The summed E-state index contributed by atoms with van der Waals surface area (Å²) in [5.41, 5.74) is 2.25. The highest BCUT2D eigenvalue weighted by Gasteiger charge is 2.16. The SMILES string of the molecule is C/C(Cn1nnc([N+](=O)[O-])n1)=N\NC(=O)COc1ccccc1[N+](=O)[O-]. The highest BCUT2D eigenvalue weighted by molar-refractivity contribution is 5.84. The average Bonchev–Trinajstić information content (AvgIpc) is 3.07. The maximum Gasteiger partial charge on any atom is 0.514 e. The van der Waals surface area contributed by atoms with Crippen molar-refractivity contribution in [3.05, 3.63) is 44.5 Å². The van der Waals surface area contributed by atoms with Crippen molar-refractivity contribution >= 4 is 23.3 Å². The number of hydrogen-bond acceptors (Lipinski definition) is 10. The number of nitrogens with one attached hydrogen (secondary N) is 1. The second-order valence-corrected chi connectivity index (χ2v) is 4.77. The lowest BCUT2D eigenvalue weighted by Gasteiger charge is -2.05. The number of benzene rings is 1. The van der Waals surface area contributed by atoms with Crippen LogP contribution < -0.4 is 10.2 Å². The summed E-state index contributed by atoms with van der Waals surface area (Å²) in [6.07, 6.45) is 0. The fraction of sp³-hybridized carbons (Fsp3) is 0.250. The molecule has 1 heterocycles. The molecule has 1 aromatic carbocycles. The van der Waals surface area contributed by atoms with E-state index in [1.807, 2.05) is 0 Å². The topological polar surface area (TPSA) is 181 Å². The summed E-state index contributed by atoms with van der Waals surface area (Å²) < 4.78 is 5.10. The van der Waals surface area contributed by atoms with E-state index in [0.717, 1.165) is 4.80 Å². The van der Waals surface area contributed by atoms with Crippen molar-refractivity contribution < 1.29 is 19.4 Å². The van der Waals surface area contributed by atoms with Gasteiger partial charge in [0.2, 0.25) is 0 Å². The first-order valence-corrected chi connectivity index (χ1v) is 6.97. The third kappa shape index (κ3) is 5.02. The minimum absolute atomic E-state index is 0.0356. The molecule has 0 aliphatic carbocycles. The number of nitro groups is 2. The third-order valence-electron chi connectivity index (χ3n) is 2.77. The number of nitro benzene ring substituents is 1. The van der Waals surface area contributed by atoms with Crippen LogP contribution in [0.2, 0.25) is 0 Å². The first kappa shape index (κ1) is 18.4. The molecule has 2 rings (SSSR count). The van der Waals surface area contributed by atoms with Gasteiger partial charge < -0.3 is 14.9 Å². The summed E-state index contributed by atoms with van der Waals surface area (Å²) >= 11 is 0. The largest absolute Gasteiger partial charge is 0.514 e. The Hall–Kier alpha value is -3.97. The summed E-state index contributed by atoms with van der Waals surface area (Å²) in [6.45, 7) is 0.999. The molecule has 1 amide bonds. The lowest BCUT2D eigenvalue weighted by molar-refractivity contribution is -0.394. The first-order chi connectivity index (χ1) is 12.4. The summed E-state index contributed by atoms with van der Waals surface area (Å²) in [4.78, 5) is 32.5. The summed E-state index contributed by atoms with van der Waals surface area (Å²) in [7, 11) is 0. The molecule has 0 atom stereocenters. The lowest BCUT2D eigenvalue weighted by Crippen LogP contribution is -2.26. The van der Waals surface area contributed by atoms with E-state index in [0.29, 0.717) is 5.71 Å². The van der Waals surface area contributed by atoms with E-state index in [1.165, 1.54) is 31.2 Å². The Morgan fingerprint density at radius 3 is 2.69 bits per heavy atom. The van der Waals surface area contributed by atoms with Crippen LogP contribution in [-0.2, 0) is 11.3 Å². The highest BCUT2D eigenvalue weighted by atomic mass is 16.6. The number of aromatic nitrogens is 4. The number of amides is 1. The Labute approximate surface area is 144 Å². The molecule has 0 aliphatic rings. The van der Waals surface area contributed by atoms with E-state index >= 15 is 0 Å². The number of hydrogen-bond donors (Lipinski definition) is 1. The zero-order valence-corrected chi connectivity index (χ0v) is 13.3. The lowest BCUT2D eigenvalue weighted by atomic mass is 10.3. The van der Waals surface area contributed by atoms with Crippen LogP contribution >= 0.6 is 0 Å². The van der Waals surface area contributed by atoms with Gasteiger partial charge in [-0.05, 0) is 17.9 Å². The molecule has 0 saturated carbocycles. The van der Waals surface area contributed by atoms with Crippen molar-refractivity contribution in [3.8, 4) is 5.75 Å². The smallest absolute Gasteiger partial charge is 0.477 e. The molecule has 0 fully saturated rings. The van der Waals surface area contributed by atoms with Gasteiger partial charge in [0, 0.05) is 11.3 Å². The molecule has 14 nitrogen and oxygen atoms in total. The first-order valence-electron chi connectivity index (χ1n) is 6.97. The van der Waals surface area contributed by atoms with E-state index in [9.17, 15) is 25.0 Å². The van der Waals surface area contributed by atoms with Crippen LogP contribution in [0.4, 0.5) is 11.6 Å². The molecular weight excluding hydrogens is 352 g/mol. The number of carbonyl (C=O) groups excluding carboxylic acids is 1. The standard InChI is InChI=1S/C12H12N8O6/c1-8(6-18-16-12(15-17-18)20(24)25)13-14-11(21)7-26-10-5-3-2-4-9(10)19(22)23/h2-5H,6-7H2,1H3,(H,14,21)/b13-8+. The van der Waals surface area contributed by atoms with E-state index in [4.69, 9.17) is 4.74 Å². The molecular formula is C12H12N8O6.